The van der Waals surface area contributed by atoms with Crippen LogP contribution in [0.25, 0.3) is 0 Å². The van der Waals surface area contributed by atoms with Gasteiger partial charge in [-0.05, 0) is 20.3 Å². The average Bonchev–Trinajstić information content (AvgIpc) is 2.09. The van der Waals surface area contributed by atoms with Crippen molar-refractivity contribution in [3.63, 3.8) is 0 Å². The van der Waals surface area contributed by atoms with E-state index < -0.39 is 5.54 Å². The van der Waals surface area contributed by atoms with Crippen molar-refractivity contribution in [2.45, 2.75) is 38.6 Å². The maximum Gasteiger partial charge on any atom is 0.305 e. The molecule has 0 bridgehead atoms. The fraction of sp³-hybridized carbons (Fsp3) is 0.800. The van der Waals surface area contributed by atoms with Crippen molar-refractivity contribution in [3.8, 4) is 0 Å². The Morgan fingerprint density at radius 3 is 2.47 bits per heavy atom. The van der Waals surface area contributed by atoms with Gasteiger partial charge in [-0.3, -0.25) is 9.59 Å². The van der Waals surface area contributed by atoms with E-state index in [1.807, 2.05) is 0 Å². The number of carbonyl (C=O) groups excluding carboxylic acids is 2. The summed E-state index contributed by atoms with van der Waals surface area (Å²) in [6.07, 6.45) is 1.19. The Labute approximate surface area is 90.4 Å². The van der Waals surface area contributed by atoms with Crippen molar-refractivity contribution < 1.29 is 14.3 Å². The number of hydrogen-bond donors (Lipinski definition) is 2. The number of rotatable bonds is 6. The van der Waals surface area contributed by atoms with Crippen molar-refractivity contribution in [2.24, 2.45) is 5.73 Å². The molecule has 0 spiro atoms. The Balaban J connectivity index is 3.52. The molecular formula is C10H20N2O3. The van der Waals surface area contributed by atoms with E-state index >= 15 is 0 Å². The molecular weight excluding hydrogens is 196 g/mol. The second-order valence-electron chi connectivity index (χ2n) is 4.19. The van der Waals surface area contributed by atoms with Gasteiger partial charge in [0.05, 0.1) is 7.11 Å². The minimum Gasteiger partial charge on any atom is -0.469 e. The molecule has 0 saturated carbocycles. The van der Waals surface area contributed by atoms with Crippen LogP contribution in [0.5, 0.6) is 0 Å². The molecule has 1 amide bonds. The van der Waals surface area contributed by atoms with Crippen molar-refractivity contribution in [1.29, 1.82) is 0 Å². The molecule has 15 heavy (non-hydrogen) atoms. The lowest BCUT2D eigenvalue weighted by Gasteiger charge is -2.17. The van der Waals surface area contributed by atoms with Gasteiger partial charge < -0.3 is 15.8 Å². The summed E-state index contributed by atoms with van der Waals surface area (Å²) in [6.45, 7) is 4.06. The Kier molecular flexibility index (Phi) is 5.93. The van der Waals surface area contributed by atoms with Crippen molar-refractivity contribution in [1.82, 2.24) is 5.32 Å². The number of methoxy groups -OCH3 is 1. The van der Waals surface area contributed by atoms with Crippen molar-refractivity contribution in [2.75, 3.05) is 13.7 Å². The number of esters is 1. The van der Waals surface area contributed by atoms with Crippen molar-refractivity contribution >= 4 is 11.9 Å². The number of carbonyl (C=O) groups is 2. The molecule has 5 nitrogen and oxygen atoms in total. The molecule has 0 radical (unpaired) electrons. The van der Waals surface area contributed by atoms with Gasteiger partial charge in [0.25, 0.3) is 0 Å². The average molecular weight is 216 g/mol. The van der Waals surface area contributed by atoms with E-state index in [4.69, 9.17) is 5.73 Å². The second kappa shape index (κ2) is 6.40. The Hall–Kier alpha value is -1.10. The van der Waals surface area contributed by atoms with E-state index in [0.717, 1.165) is 0 Å². The molecule has 5 heteroatoms. The maximum atomic E-state index is 11.3. The van der Waals surface area contributed by atoms with Crippen LogP contribution in [-0.4, -0.2) is 31.1 Å². The first-order chi connectivity index (χ1) is 6.85. The smallest absolute Gasteiger partial charge is 0.305 e. The van der Waals surface area contributed by atoms with Crippen LogP contribution in [0, 0.1) is 0 Å². The molecule has 3 N–H and O–H groups in total. The van der Waals surface area contributed by atoms with Gasteiger partial charge in [0.1, 0.15) is 0 Å². The summed E-state index contributed by atoms with van der Waals surface area (Å²) in [5, 5.41) is 2.69. The predicted molar refractivity (Wildman–Crippen MR) is 57.1 cm³/mol. The highest BCUT2D eigenvalue weighted by molar-refractivity contribution is 5.77. The quantitative estimate of drug-likeness (QED) is 0.490. The third-order valence-corrected chi connectivity index (χ3v) is 1.72. The topological polar surface area (TPSA) is 81.4 Å². The van der Waals surface area contributed by atoms with Crippen LogP contribution in [-0.2, 0) is 14.3 Å². The van der Waals surface area contributed by atoms with Gasteiger partial charge in [0.2, 0.25) is 5.91 Å². The summed E-state index contributed by atoms with van der Waals surface area (Å²) in [6, 6.07) is 0. The number of nitrogens with two attached hydrogens (primary N) is 1. The highest BCUT2D eigenvalue weighted by Gasteiger charge is 2.15. The second-order valence-corrected chi connectivity index (χ2v) is 4.19. The largest absolute Gasteiger partial charge is 0.469 e. The molecule has 88 valence electrons. The first kappa shape index (κ1) is 13.9. The molecule has 0 aliphatic rings. The molecule has 0 aromatic heterocycles. The first-order valence-corrected chi connectivity index (χ1v) is 4.97. The van der Waals surface area contributed by atoms with Crippen LogP contribution in [0.15, 0.2) is 0 Å². The molecule has 0 aliphatic carbocycles. The van der Waals surface area contributed by atoms with E-state index in [9.17, 15) is 9.59 Å². The fourth-order valence-corrected chi connectivity index (χ4v) is 1.04. The van der Waals surface area contributed by atoms with Crippen LogP contribution in [0.3, 0.4) is 0 Å². The molecule has 0 unspecified atom stereocenters. The monoisotopic (exact) mass is 216 g/mol. The van der Waals surface area contributed by atoms with E-state index in [2.05, 4.69) is 10.1 Å². The summed E-state index contributed by atoms with van der Waals surface area (Å²) >= 11 is 0. The minimum atomic E-state index is -0.494. The zero-order valence-corrected chi connectivity index (χ0v) is 9.63. The molecule has 0 saturated heterocycles. The van der Waals surface area contributed by atoms with E-state index in [0.29, 0.717) is 19.4 Å². The van der Waals surface area contributed by atoms with Gasteiger partial charge in [0.15, 0.2) is 0 Å². The van der Waals surface area contributed by atoms with Gasteiger partial charge in [-0.15, -0.1) is 0 Å². The third kappa shape index (κ3) is 9.21. The zero-order chi connectivity index (χ0) is 11.9. The lowest BCUT2D eigenvalue weighted by Crippen LogP contribution is -2.39. The van der Waals surface area contributed by atoms with Crippen molar-refractivity contribution in [3.05, 3.63) is 0 Å². The van der Waals surface area contributed by atoms with E-state index in [1.165, 1.54) is 7.11 Å². The standard InChI is InChI=1S/C10H20N2O3/c1-10(2,11)7-8(13)12-6-4-5-9(14)15-3/h4-7,11H2,1-3H3,(H,12,13). The number of hydrogen-bond acceptors (Lipinski definition) is 4. The Bertz CT molecular complexity index is 221. The van der Waals surface area contributed by atoms with Gasteiger partial charge in [-0.2, -0.15) is 0 Å². The zero-order valence-electron chi connectivity index (χ0n) is 9.63. The first-order valence-electron chi connectivity index (χ1n) is 4.97. The Morgan fingerprint density at radius 2 is 2.00 bits per heavy atom. The molecule has 0 heterocycles. The lowest BCUT2D eigenvalue weighted by atomic mass is 10.0. The summed E-state index contributed by atoms with van der Waals surface area (Å²) < 4.78 is 4.47. The highest BCUT2D eigenvalue weighted by Crippen LogP contribution is 2.02. The van der Waals surface area contributed by atoms with Crippen LogP contribution in [0.1, 0.15) is 33.1 Å². The number of nitrogens with one attached hydrogen (secondary N) is 1. The number of ether oxygens (including phenoxy) is 1. The lowest BCUT2D eigenvalue weighted by molar-refractivity contribution is -0.140. The molecule has 0 atom stereocenters. The fourth-order valence-electron chi connectivity index (χ4n) is 1.04. The van der Waals surface area contributed by atoms with Gasteiger partial charge in [-0.1, -0.05) is 0 Å². The van der Waals surface area contributed by atoms with E-state index in [-0.39, 0.29) is 18.3 Å². The molecule has 0 fully saturated rings. The SMILES string of the molecule is COC(=O)CCCNC(=O)CC(C)(C)N. The summed E-state index contributed by atoms with van der Waals surface area (Å²) in [4.78, 5) is 22.0. The Morgan fingerprint density at radius 1 is 1.40 bits per heavy atom. The predicted octanol–water partition coefficient (Wildman–Crippen LogP) is 0.183. The summed E-state index contributed by atoms with van der Waals surface area (Å²) in [5.41, 5.74) is 5.18. The molecule has 0 aromatic rings. The summed E-state index contributed by atoms with van der Waals surface area (Å²) in [5.74, 6) is -0.351. The highest BCUT2D eigenvalue weighted by atomic mass is 16.5. The summed E-state index contributed by atoms with van der Waals surface area (Å²) in [7, 11) is 1.35. The van der Waals surface area contributed by atoms with Gasteiger partial charge in [-0.25, -0.2) is 0 Å². The normalized spacial score (nSPS) is 10.9. The van der Waals surface area contributed by atoms with Gasteiger partial charge >= 0.3 is 5.97 Å². The minimum absolute atomic E-state index is 0.0904. The van der Waals surface area contributed by atoms with Crippen LogP contribution in [0.4, 0.5) is 0 Å². The molecule has 0 aromatic carbocycles. The third-order valence-electron chi connectivity index (χ3n) is 1.72. The van der Waals surface area contributed by atoms with Crippen LogP contribution >= 0.6 is 0 Å². The van der Waals surface area contributed by atoms with Gasteiger partial charge in [0, 0.05) is 24.9 Å². The van der Waals surface area contributed by atoms with Crippen LogP contribution in [0.2, 0.25) is 0 Å². The molecule has 0 aliphatic heterocycles. The van der Waals surface area contributed by atoms with E-state index in [1.54, 1.807) is 13.8 Å². The number of amides is 1. The molecule has 0 rings (SSSR count). The maximum absolute atomic E-state index is 11.3. The van der Waals surface area contributed by atoms with Crippen LogP contribution < -0.4 is 11.1 Å².